The van der Waals surface area contributed by atoms with Crippen LogP contribution in [0.25, 0.3) is 129 Å². The zero-order valence-corrected chi connectivity index (χ0v) is 49.7. The maximum absolute atomic E-state index is 15.2. The van der Waals surface area contributed by atoms with Crippen LogP contribution >= 0.6 is 0 Å². The van der Waals surface area contributed by atoms with Gasteiger partial charge in [-0.1, -0.05) is 79.7 Å². The first-order valence-corrected chi connectivity index (χ1v) is 31.1. The second-order valence-corrected chi connectivity index (χ2v) is 25.4. The van der Waals surface area contributed by atoms with Gasteiger partial charge in [0.15, 0.2) is 0 Å². The van der Waals surface area contributed by atoms with Gasteiger partial charge in [-0.05, 0) is 176 Å². The van der Waals surface area contributed by atoms with Gasteiger partial charge in [0.05, 0.1) is 57.7 Å². The van der Waals surface area contributed by atoms with Crippen molar-refractivity contribution >= 4 is 200 Å². The van der Waals surface area contributed by atoms with E-state index in [2.05, 4.69) is 0 Å². The standard InChI is InChI=1S/C77H36N6O13/c1-2-27-78-66(85)42-15-3-30-34-7-19-46-62-47(20-8-35(56(34)62)31-4-16-43(67(78)86)60(42)54(30)31)71(90)80(70(46)89)82-74(93)50-23-11-38-40-13-25-52-65-53(26-14-41(59(40)65)39-12-24-51(75(82)94)64(50)58(38)39)77(96)83(76(52)95)81-72(91)48-21-9-36-32-5-17-44-61-45(69(88)79(28-29-84)68(44)87)18-6-33(55(32)61)37-10-22-49(73(81)92)63(48)57(36)37/h3-26,84H,2,27-29H2,1H3. The number of hydrazine groups is 2. The van der Waals surface area contributed by atoms with E-state index in [4.69, 9.17) is 0 Å². The van der Waals surface area contributed by atoms with Crippen LogP contribution in [0, 0.1) is 0 Å². The van der Waals surface area contributed by atoms with Crippen molar-refractivity contribution in [2.24, 2.45) is 0 Å². The van der Waals surface area contributed by atoms with Gasteiger partial charge in [0, 0.05) is 61.1 Å². The Hall–Kier alpha value is -13.0. The van der Waals surface area contributed by atoms with Crippen LogP contribution in [0.15, 0.2) is 146 Å². The van der Waals surface area contributed by atoms with E-state index in [1.807, 2.05) is 19.1 Å². The fourth-order valence-corrected chi connectivity index (χ4v) is 17.3. The van der Waals surface area contributed by atoms with Crippen molar-refractivity contribution in [1.82, 2.24) is 29.8 Å². The molecule has 96 heavy (non-hydrogen) atoms. The van der Waals surface area contributed by atoms with Gasteiger partial charge in [0.25, 0.3) is 70.9 Å². The molecular weight excluding hydrogens is 1220 g/mol. The van der Waals surface area contributed by atoms with Crippen LogP contribution in [-0.2, 0) is 0 Å². The Labute approximate surface area is 535 Å². The summed E-state index contributed by atoms with van der Waals surface area (Å²) in [4.78, 5) is 178. The van der Waals surface area contributed by atoms with Gasteiger partial charge in [-0.2, -0.15) is 20.0 Å². The summed E-state index contributed by atoms with van der Waals surface area (Å²) in [6, 6.07) is 39.7. The molecule has 0 aromatic heterocycles. The lowest BCUT2D eigenvalue weighted by Crippen LogP contribution is -2.58. The molecule has 0 atom stereocenters. The molecule has 21 rings (SSSR count). The minimum atomic E-state index is -0.943. The number of hydrogen-bond acceptors (Lipinski definition) is 13. The number of carbonyl (C=O) groups excluding carboxylic acids is 12. The van der Waals surface area contributed by atoms with Crippen LogP contribution < -0.4 is 0 Å². The Morgan fingerprint density at radius 3 is 0.500 bits per heavy atom. The average Bonchev–Trinajstić information content (AvgIpc) is 0.700. The lowest BCUT2D eigenvalue weighted by atomic mass is 9.82. The first-order valence-electron chi connectivity index (χ1n) is 31.1. The zero-order valence-electron chi connectivity index (χ0n) is 49.7. The molecule has 6 heterocycles. The number of amides is 12. The first-order chi connectivity index (χ1) is 46.6. The third kappa shape index (κ3) is 5.72. The smallest absolute Gasteiger partial charge is 0.281 e. The minimum absolute atomic E-state index is 0.0159. The van der Waals surface area contributed by atoms with E-state index >= 15 is 38.4 Å². The van der Waals surface area contributed by atoms with Gasteiger partial charge in [-0.25, -0.2) is 0 Å². The Balaban J connectivity index is 0.642. The highest BCUT2D eigenvalue weighted by Crippen LogP contribution is 2.52. The molecule has 6 aliphatic rings. The fraction of sp³-hybridized carbons (Fsp3) is 0.0649. The summed E-state index contributed by atoms with van der Waals surface area (Å²) in [7, 11) is 0. The normalized spacial score (nSPS) is 16.3. The summed E-state index contributed by atoms with van der Waals surface area (Å²) in [5.41, 5.74) is 1.70. The molecule has 0 saturated carbocycles. The van der Waals surface area contributed by atoms with E-state index in [0.717, 1.165) is 4.90 Å². The molecule has 19 heteroatoms. The van der Waals surface area contributed by atoms with E-state index in [9.17, 15) is 24.3 Å². The van der Waals surface area contributed by atoms with Crippen molar-refractivity contribution < 1.29 is 62.6 Å². The largest absolute Gasteiger partial charge is 0.395 e. The number of carbonyl (C=O) groups is 12. The molecule has 15 aromatic rings. The molecule has 0 radical (unpaired) electrons. The zero-order chi connectivity index (χ0) is 65.0. The number of fused-ring (bicyclic) bond motifs is 6. The minimum Gasteiger partial charge on any atom is -0.395 e. The van der Waals surface area contributed by atoms with Gasteiger partial charge in [-0.15, -0.1) is 0 Å². The molecule has 0 spiro atoms. The second-order valence-electron chi connectivity index (χ2n) is 25.4. The van der Waals surface area contributed by atoms with Gasteiger partial charge in [-0.3, -0.25) is 67.3 Å². The SMILES string of the molecule is CCCN1C(=O)c2ccc3c4ccc5c6c(ccc(c7ccc(c2c37)C1=O)c64)C(=O)N(N1C(=O)c2ccc3c4ccc6c7c(ccc(c8ccc(c2c38)C1=O)c74)C(=O)N(N1C(=O)c2ccc3c4ccc7c8c(ccc(c9ccc(c2c39)C1=O)c84)C(=O)N(CCO)C7=O)C6=O)C5=O. The van der Waals surface area contributed by atoms with E-state index in [-0.39, 0.29) is 80.2 Å². The highest BCUT2D eigenvalue weighted by Gasteiger charge is 2.49. The quantitative estimate of drug-likeness (QED) is 0.0926. The number of β-amino-alcohol motifs (C(OH)–C–C–N with tert-alkyl or cyclic N) is 1. The molecule has 0 fully saturated rings. The second kappa shape index (κ2) is 17.2. The lowest BCUT2D eigenvalue weighted by molar-refractivity contribution is 0.00213. The molecule has 0 saturated heterocycles. The Bertz CT molecular complexity index is 5930. The summed E-state index contributed by atoms with van der Waals surface area (Å²) in [6.07, 6.45) is 0.591. The van der Waals surface area contributed by atoms with Crippen molar-refractivity contribution in [1.29, 1.82) is 0 Å². The van der Waals surface area contributed by atoms with Gasteiger partial charge < -0.3 is 5.11 Å². The number of aliphatic hydroxyl groups excluding tert-OH is 1. The molecule has 19 nitrogen and oxygen atoms in total. The third-order valence-electron chi connectivity index (χ3n) is 21.2. The maximum Gasteiger partial charge on any atom is 0.281 e. The van der Waals surface area contributed by atoms with Crippen molar-refractivity contribution in [3.8, 4) is 0 Å². The van der Waals surface area contributed by atoms with E-state index in [1.165, 1.54) is 41.3 Å². The van der Waals surface area contributed by atoms with Gasteiger partial charge >= 0.3 is 0 Å². The van der Waals surface area contributed by atoms with Crippen LogP contribution in [0.1, 0.15) is 138 Å². The molecule has 452 valence electrons. The summed E-state index contributed by atoms with van der Waals surface area (Å²) in [5.74, 6) is -9.26. The molecule has 0 bridgehead atoms. The average molecular weight is 1250 g/mol. The molecule has 1 N–H and O–H groups in total. The Morgan fingerprint density at radius 1 is 0.208 bits per heavy atom. The lowest BCUT2D eigenvalue weighted by Gasteiger charge is -2.38. The number of aliphatic hydroxyl groups is 1. The highest BCUT2D eigenvalue weighted by atomic mass is 16.3. The van der Waals surface area contributed by atoms with Crippen molar-refractivity contribution in [2.45, 2.75) is 13.3 Å². The van der Waals surface area contributed by atoms with Gasteiger partial charge in [0.1, 0.15) is 0 Å². The van der Waals surface area contributed by atoms with Crippen molar-refractivity contribution in [3.05, 3.63) is 212 Å². The molecule has 12 amide bonds. The van der Waals surface area contributed by atoms with Crippen molar-refractivity contribution in [2.75, 3.05) is 19.7 Å². The van der Waals surface area contributed by atoms with Crippen LogP contribution in [0.2, 0.25) is 0 Å². The van der Waals surface area contributed by atoms with E-state index in [0.29, 0.717) is 167 Å². The Kier molecular flexibility index (Phi) is 9.41. The van der Waals surface area contributed by atoms with Crippen LogP contribution in [0.4, 0.5) is 0 Å². The number of hydrogen-bond donors (Lipinski definition) is 1. The number of rotatable bonds is 6. The monoisotopic (exact) mass is 1250 g/mol. The first kappa shape index (κ1) is 52.6. The molecule has 6 aliphatic heterocycles. The topological polar surface area (TPSA) is 245 Å². The van der Waals surface area contributed by atoms with Crippen LogP contribution in [-0.4, -0.2) is 126 Å². The van der Waals surface area contributed by atoms with Crippen LogP contribution in [0.5, 0.6) is 0 Å². The number of nitrogens with zero attached hydrogens (tertiary/aromatic N) is 6. The molecule has 0 unspecified atom stereocenters. The summed E-state index contributed by atoms with van der Waals surface area (Å²) >= 11 is 0. The molecule has 15 aromatic carbocycles. The molecular formula is C77H36N6O13. The maximum atomic E-state index is 15.2. The van der Waals surface area contributed by atoms with Crippen LogP contribution in [0.3, 0.4) is 0 Å². The number of imide groups is 6. The summed E-state index contributed by atoms with van der Waals surface area (Å²) < 4.78 is 0. The number of benzene rings is 15. The van der Waals surface area contributed by atoms with E-state index in [1.54, 1.807) is 97.1 Å². The predicted octanol–water partition coefficient (Wildman–Crippen LogP) is 12.0. The summed E-state index contributed by atoms with van der Waals surface area (Å²) in [6.45, 7) is 1.58. The fourth-order valence-electron chi connectivity index (χ4n) is 17.3. The highest BCUT2D eigenvalue weighted by molar-refractivity contribution is 6.46. The van der Waals surface area contributed by atoms with Gasteiger partial charge in [0.2, 0.25) is 0 Å². The molecule has 0 aliphatic carbocycles. The van der Waals surface area contributed by atoms with Crippen molar-refractivity contribution in [3.63, 3.8) is 0 Å². The third-order valence-corrected chi connectivity index (χ3v) is 21.2. The predicted molar refractivity (Wildman–Crippen MR) is 353 cm³/mol. The summed E-state index contributed by atoms with van der Waals surface area (Å²) in [5, 5.41) is 25.2. The van der Waals surface area contributed by atoms with E-state index < -0.39 is 65.7 Å². The Morgan fingerprint density at radius 2 is 0.354 bits per heavy atom.